The lowest BCUT2D eigenvalue weighted by atomic mass is 10.1. The van der Waals surface area contributed by atoms with Crippen LogP contribution in [0, 0.1) is 11.3 Å². The van der Waals surface area contributed by atoms with Gasteiger partial charge in [-0.05, 0) is 72.2 Å². The van der Waals surface area contributed by atoms with E-state index in [9.17, 15) is 20.0 Å². The number of carbonyl (C=O) groups excluding carboxylic acids is 2. The van der Waals surface area contributed by atoms with Gasteiger partial charge < -0.3 is 24.7 Å². The van der Waals surface area contributed by atoms with Gasteiger partial charge in [-0.3, -0.25) is 4.79 Å². The fraction of sp³-hybridized carbons (Fsp3) is 0.115. The van der Waals surface area contributed by atoms with Crippen molar-refractivity contribution in [3.8, 4) is 17.6 Å². The molecule has 0 saturated carbocycles. The molecular weight excluding hydrogens is 420 g/mol. The zero-order valence-corrected chi connectivity index (χ0v) is 17.9. The quantitative estimate of drug-likeness (QED) is 0.401. The van der Waals surface area contributed by atoms with Gasteiger partial charge in [-0.15, -0.1) is 0 Å². The van der Waals surface area contributed by atoms with Gasteiger partial charge in [0.15, 0.2) is 0 Å². The zero-order valence-electron chi connectivity index (χ0n) is 17.9. The van der Waals surface area contributed by atoms with E-state index in [4.69, 9.17) is 9.47 Å². The van der Waals surface area contributed by atoms with Crippen molar-refractivity contribution in [1.29, 1.82) is 5.26 Å². The van der Waals surface area contributed by atoms with Crippen LogP contribution in [0.1, 0.15) is 28.4 Å². The molecule has 33 heavy (non-hydrogen) atoms. The molecule has 3 aromatic carbocycles. The summed E-state index contributed by atoms with van der Waals surface area (Å²) in [6.07, 6.45) is 1.48. The van der Waals surface area contributed by atoms with Crippen LogP contribution in [-0.4, -0.2) is 18.5 Å². The number of carboxylic acids is 1. The molecule has 0 atom stereocenters. The van der Waals surface area contributed by atoms with E-state index in [2.05, 4.69) is 5.32 Å². The molecule has 7 nitrogen and oxygen atoms in total. The number of hydrogen-bond acceptors (Lipinski definition) is 6. The standard InChI is InChI=1S/C26H22N2O5/c1-2-32-23-12-8-22(9-13-23)28-25(29)21(16-27)14-18-6-10-24(11-7-18)33-17-19-4-3-5-20(15-19)26(30)31/h3-15H,2,17H2,1H3,(H,28,29)(H,30,31)/p-1/b21-14-. The van der Waals surface area contributed by atoms with Crippen LogP contribution in [0.4, 0.5) is 5.69 Å². The molecule has 1 amide bonds. The van der Waals surface area contributed by atoms with Crippen LogP contribution in [0.5, 0.6) is 11.5 Å². The largest absolute Gasteiger partial charge is 0.545 e. The van der Waals surface area contributed by atoms with Crippen molar-refractivity contribution >= 4 is 23.6 Å². The van der Waals surface area contributed by atoms with Gasteiger partial charge in [0.05, 0.1) is 12.6 Å². The first-order valence-electron chi connectivity index (χ1n) is 10.2. The van der Waals surface area contributed by atoms with E-state index < -0.39 is 11.9 Å². The van der Waals surface area contributed by atoms with Crippen LogP contribution in [0.2, 0.25) is 0 Å². The molecular formula is C26H21N2O5-. The Kier molecular flexibility index (Phi) is 7.81. The summed E-state index contributed by atoms with van der Waals surface area (Å²) in [5.41, 5.74) is 1.94. The molecule has 0 radical (unpaired) electrons. The van der Waals surface area contributed by atoms with Gasteiger partial charge in [0, 0.05) is 5.69 Å². The lowest BCUT2D eigenvalue weighted by Crippen LogP contribution is -2.22. The van der Waals surface area contributed by atoms with E-state index in [1.165, 1.54) is 18.2 Å². The Bertz CT molecular complexity index is 1190. The van der Waals surface area contributed by atoms with E-state index in [1.54, 1.807) is 60.7 Å². The maximum Gasteiger partial charge on any atom is 0.266 e. The predicted octanol–water partition coefficient (Wildman–Crippen LogP) is 3.57. The number of aromatic carboxylic acids is 1. The molecule has 1 N–H and O–H groups in total. The normalized spacial score (nSPS) is 10.7. The Labute approximate surface area is 191 Å². The SMILES string of the molecule is CCOc1ccc(NC(=O)/C(C#N)=C\c2ccc(OCc3cccc(C(=O)[O-])c3)cc2)cc1. The van der Waals surface area contributed by atoms with Crippen molar-refractivity contribution in [3.05, 3.63) is 95.1 Å². The summed E-state index contributed by atoms with van der Waals surface area (Å²) in [6.45, 7) is 2.62. The van der Waals surface area contributed by atoms with Crippen LogP contribution in [0.3, 0.4) is 0 Å². The van der Waals surface area contributed by atoms with Gasteiger partial charge in [0.1, 0.15) is 29.7 Å². The van der Waals surface area contributed by atoms with Gasteiger partial charge >= 0.3 is 0 Å². The smallest absolute Gasteiger partial charge is 0.266 e. The molecule has 3 rings (SSSR count). The molecule has 166 valence electrons. The van der Waals surface area contributed by atoms with E-state index in [0.717, 1.165) is 0 Å². The van der Waals surface area contributed by atoms with Crippen molar-refractivity contribution in [2.75, 3.05) is 11.9 Å². The highest BCUT2D eigenvalue weighted by Crippen LogP contribution is 2.19. The second-order valence-corrected chi connectivity index (χ2v) is 6.93. The Hall–Kier alpha value is -4.57. The number of ether oxygens (including phenoxy) is 2. The molecule has 0 saturated heterocycles. The summed E-state index contributed by atoms with van der Waals surface area (Å²) in [5.74, 6) is -0.508. The lowest BCUT2D eigenvalue weighted by Gasteiger charge is -2.09. The molecule has 0 heterocycles. The predicted molar refractivity (Wildman–Crippen MR) is 121 cm³/mol. The average molecular weight is 441 g/mol. The Balaban J connectivity index is 1.62. The van der Waals surface area contributed by atoms with Crippen molar-refractivity contribution in [1.82, 2.24) is 0 Å². The minimum absolute atomic E-state index is 0.0448. The molecule has 0 fully saturated rings. The maximum absolute atomic E-state index is 12.5. The van der Waals surface area contributed by atoms with Gasteiger partial charge in [0.2, 0.25) is 0 Å². The van der Waals surface area contributed by atoms with Gasteiger partial charge in [-0.2, -0.15) is 5.26 Å². The molecule has 7 heteroatoms. The highest BCUT2D eigenvalue weighted by molar-refractivity contribution is 6.09. The Morgan fingerprint density at radius 2 is 1.67 bits per heavy atom. The van der Waals surface area contributed by atoms with Crippen molar-refractivity contribution in [2.24, 2.45) is 0 Å². The molecule has 0 aliphatic carbocycles. The fourth-order valence-corrected chi connectivity index (χ4v) is 2.93. The third-order valence-electron chi connectivity index (χ3n) is 4.55. The maximum atomic E-state index is 12.5. The molecule has 0 bridgehead atoms. The van der Waals surface area contributed by atoms with Crippen LogP contribution in [0.15, 0.2) is 78.4 Å². The molecule has 3 aromatic rings. The third kappa shape index (κ3) is 6.71. The Morgan fingerprint density at radius 1 is 1.00 bits per heavy atom. The highest BCUT2D eigenvalue weighted by Gasteiger charge is 2.10. The number of amides is 1. The molecule has 0 aromatic heterocycles. The Morgan fingerprint density at radius 3 is 2.30 bits per heavy atom. The van der Waals surface area contributed by atoms with Crippen LogP contribution < -0.4 is 19.9 Å². The second kappa shape index (κ2) is 11.2. The third-order valence-corrected chi connectivity index (χ3v) is 4.55. The second-order valence-electron chi connectivity index (χ2n) is 6.93. The van der Waals surface area contributed by atoms with Crippen LogP contribution >= 0.6 is 0 Å². The first-order valence-corrected chi connectivity index (χ1v) is 10.2. The van der Waals surface area contributed by atoms with Crippen molar-refractivity contribution in [2.45, 2.75) is 13.5 Å². The topological polar surface area (TPSA) is 111 Å². The van der Waals surface area contributed by atoms with E-state index in [-0.39, 0.29) is 17.7 Å². The van der Waals surface area contributed by atoms with Crippen molar-refractivity contribution < 1.29 is 24.2 Å². The summed E-state index contributed by atoms with van der Waals surface area (Å²) >= 11 is 0. The van der Waals surface area contributed by atoms with Crippen molar-refractivity contribution in [3.63, 3.8) is 0 Å². The number of nitrogens with zero attached hydrogens (tertiary/aromatic N) is 1. The first-order chi connectivity index (χ1) is 16.0. The van der Waals surface area contributed by atoms with E-state index >= 15 is 0 Å². The number of anilines is 1. The minimum atomic E-state index is -1.24. The highest BCUT2D eigenvalue weighted by atomic mass is 16.5. The van der Waals surface area contributed by atoms with Gasteiger partial charge in [0.25, 0.3) is 5.91 Å². The summed E-state index contributed by atoms with van der Waals surface area (Å²) in [4.78, 5) is 23.4. The van der Waals surface area contributed by atoms with Crippen LogP contribution in [0.25, 0.3) is 6.08 Å². The summed E-state index contributed by atoms with van der Waals surface area (Å²) in [7, 11) is 0. The van der Waals surface area contributed by atoms with E-state index in [1.807, 2.05) is 13.0 Å². The first kappa shape index (κ1) is 23.1. The monoisotopic (exact) mass is 441 g/mol. The number of nitrogens with one attached hydrogen (secondary N) is 1. The van der Waals surface area contributed by atoms with Crippen LogP contribution in [-0.2, 0) is 11.4 Å². The summed E-state index contributed by atoms with van der Waals surface area (Å²) < 4.78 is 11.0. The summed E-state index contributed by atoms with van der Waals surface area (Å²) in [6, 6.07) is 22.0. The van der Waals surface area contributed by atoms with Gasteiger partial charge in [-0.25, -0.2) is 0 Å². The number of hydrogen-bond donors (Lipinski definition) is 1. The number of nitriles is 1. The molecule has 0 aliphatic heterocycles. The number of carboxylic acid groups (broad SMARTS) is 1. The minimum Gasteiger partial charge on any atom is -0.545 e. The summed E-state index contributed by atoms with van der Waals surface area (Å²) in [5, 5.41) is 23.0. The average Bonchev–Trinajstić information content (AvgIpc) is 2.83. The van der Waals surface area contributed by atoms with Gasteiger partial charge in [-0.1, -0.05) is 30.3 Å². The lowest BCUT2D eigenvalue weighted by molar-refractivity contribution is -0.255. The molecule has 0 aliphatic rings. The number of benzene rings is 3. The molecule has 0 spiro atoms. The van der Waals surface area contributed by atoms with E-state index in [0.29, 0.717) is 34.9 Å². The molecule has 0 unspecified atom stereocenters. The zero-order chi connectivity index (χ0) is 23.6. The number of rotatable bonds is 9. The number of carbonyl (C=O) groups is 2. The fourth-order valence-electron chi connectivity index (χ4n) is 2.93.